The fourth-order valence-electron chi connectivity index (χ4n) is 5.07. The van der Waals surface area contributed by atoms with Gasteiger partial charge in [-0.15, -0.1) is 0 Å². The number of amides is 5. The van der Waals surface area contributed by atoms with Crippen molar-refractivity contribution >= 4 is 35.2 Å². The molecular weight excluding hydrogens is 548 g/mol. The van der Waals surface area contributed by atoms with Crippen LogP contribution in [0.15, 0.2) is 18.2 Å². The first kappa shape index (κ1) is 31.5. The van der Waals surface area contributed by atoms with Gasteiger partial charge < -0.3 is 29.2 Å². The number of carbonyl (C=O) groups excluding carboxylic acids is 5. The first-order valence-corrected chi connectivity index (χ1v) is 14.6. The lowest BCUT2D eigenvalue weighted by Crippen LogP contribution is -2.54. The third kappa shape index (κ3) is 8.81. The van der Waals surface area contributed by atoms with E-state index in [-0.39, 0.29) is 29.9 Å². The van der Waals surface area contributed by atoms with Crippen molar-refractivity contribution in [3.63, 3.8) is 0 Å². The zero-order chi connectivity index (χ0) is 29.7. The lowest BCUT2D eigenvalue weighted by atomic mass is 10.0. The SMILES string of the molecule is O=C1CCC(N2C(=O)c3ccc(NCCOCCOCCOCCOCCC(=O)N4CCCCC4)cc3C2=O)C(=O)N1. The Kier molecular flexibility index (Phi) is 12.2. The Morgan fingerprint density at radius 1 is 0.810 bits per heavy atom. The third-order valence-electron chi connectivity index (χ3n) is 7.30. The molecule has 230 valence electrons. The van der Waals surface area contributed by atoms with Gasteiger partial charge in [-0.2, -0.15) is 0 Å². The number of rotatable bonds is 17. The molecule has 2 saturated heterocycles. The van der Waals surface area contributed by atoms with E-state index in [4.69, 9.17) is 18.9 Å². The van der Waals surface area contributed by atoms with Crippen molar-refractivity contribution in [3.05, 3.63) is 29.3 Å². The Balaban J connectivity index is 0.991. The average Bonchev–Trinajstić information content (AvgIpc) is 3.24. The zero-order valence-corrected chi connectivity index (χ0v) is 23.9. The first-order chi connectivity index (χ1) is 20.5. The molecule has 1 aromatic rings. The summed E-state index contributed by atoms with van der Waals surface area (Å²) in [6, 6.07) is 3.86. The molecule has 3 aliphatic heterocycles. The minimum atomic E-state index is -0.986. The van der Waals surface area contributed by atoms with Crippen molar-refractivity contribution in [2.45, 2.75) is 44.6 Å². The van der Waals surface area contributed by atoms with Gasteiger partial charge in [-0.05, 0) is 43.9 Å². The van der Waals surface area contributed by atoms with Crippen molar-refractivity contribution in [3.8, 4) is 0 Å². The van der Waals surface area contributed by atoms with Gasteiger partial charge in [0.2, 0.25) is 17.7 Å². The first-order valence-electron chi connectivity index (χ1n) is 14.6. The van der Waals surface area contributed by atoms with Crippen LogP contribution in [0.2, 0.25) is 0 Å². The molecule has 3 aliphatic rings. The number of hydrogen-bond acceptors (Lipinski definition) is 10. The Morgan fingerprint density at radius 3 is 2.10 bits per heavy atom. The summed E-state index contributed by atoms with van der Waals surface area (Å²) >= 11 is 0. The molecule has 0 saturated carbocycles. The summed E-state index contributed by atoms with van der Waals surface area (Å²) in [7, 11) is 0. The Labute approximate surface area is 245 Å². The van der Waals surface area contributed by atoms with E-state index in [0.29, 0.717) is 71.5 Å². The van der Waals surface area contributed by atoms with E-state index >= 15 is 0 Å². The summed E-state index contributed by atoms with van der Waals surface area (Å²) in [5.41, 5.74) is 1.11. The van der Waals surface area contributed by atoms with Crippen LogP contribution in [0.25, 0.3) is 0 Å². The molecule has 0 radical (unpaired) electrons. The number of likely N-dealkylation sites (tertiary alicyclic amines) is 1. The minimum absolute atomic E-state index is 0.0783. The molecule has 0 bridgehead atoms. The molecule has 13 heteroatoms. The highest BCUT2D eigenvalue weighted by molar-refractivity contribution is 6.23. The van der Waals surface area contributed by atoms with Gasteiger partial charge in [0.15, 0.2) is 0 Å². The van der Waals surface area contributed by atoms with Crippen LogP contribution in [0.3, 0.4) is 0 Å². The van der Waals surface area contributed by atoms with Crippen LogP contribution in [0, 0.1) is 0 Å². The summed E-state index contributed by atoms with van der Waals surface area (Å²) < 4.78 is 22.0. The lowest BCUT2D eigenvalue weighted by Gasteiger charge is -2.27. The summed E-state index contributed by atoms with van der Waals surface area (Å²) in [5, 5.41) is 5.34. The van der Waals surface area contributed by atoms with Gasteiger partial charge in [-0.3, -0.25) is 34.2 Å². The third-order valence-corrected chi connectivity index (χ3v) is 7.30. The van der Waals surface area contributed by atoms with Gasteiger partial charge in [0.05, 0.1) is 70.4 Å². The smallest absolute Gasteiger partial charge is 0.262 e. The summed E-state index contributed by atoms with van der Waals surface area (Å²) in [5.74, 6) is -1.95. The largest absolute Gasteiger partial charge is 0.383 e. The Hall–Kier alpha value is -3.39. The van der Waals surface area contributed by atoms with Gasteiger partial charge in [-0.1, -0.05) is 0 Å². The molecule has 42 heavy (non-hydrogen) atoms. The molecule has 1 unspecified atom stereocenters. The van der Waals surface area contributed by atoms with Gasteiger partial charge in [0.1, 0.15) is 6.04 Å². The molecule has 1 atom stereocenters. The van der Waals surface area contributed by atoms with Crippen LogP contribution >= 0.6 is 0 Å². The maximum absolute atomic E-state index is 12.9. The van der Waals surface area contributed by atoms with E-state index in [1.807, 2.05) is 4.90 Å². The number of piperidine rings is 2. The Bertz CT molecular complexity index is 1120. The number of nitrogens with one attached hydrogen (secondary N) is 2. The molecule has 4 rings (SSSR count). The molecule has 0 aliphatic carbocycles. The van der Waals surface area contributed by atoms with E-state index in [9.17, 15) is 24.0 Å². The molecule has 3 heterocycles. The molecule has 0 aromatic heterocycles. The van der Waals surface area contributed by atoms with Gasteiger partial charge in [0, 0.05) is 31.7 Å². The predicted molar refractivity (Wildman–Crippen MR) is 150 cm³/mol. The number of benzene rings is 1. The lowest BCUT2D eigenvalue weighted by molar-refractivity contribution is -0.136. The number of nitrogens with zero attached hydrogens (tertiary/aromatic N) is 2. The van der Waals surface area contributed by atoms with Gasteiger partial charge >= 0.3 is 0 Å². The molecule has 13 nitrogen and oxygen atoms in total. The van der Waals surface area contributed by atoms with Crippen molar-refractivity contribution in [1.82, 2.24) is 15.1 Å². The van der Waals surface area contributed by atoms with Crippen molar-refractivity contribution < 1.29 is 42.9 Å². The molecule has 2 N–H and O–H groups in total. The van der Waals surface area contributed by atoms with Crippen LogP contribution in [-0.2, 0) is 33.3 Å². The number of imide groups is 2. The number of hydrogen-bond donors (Lipinski definition) is 2. The number of fused-ring (bicyclic) bond motifs is 1. The second kappa shape index (κ2) is 16.3. The van der Waals surface area contributed by atoms with Crippen LogP contribution in [0.1, 0.15) is 59.2 Å². The van der Waals surface area contributed by atoms with E-state index in [2.05, 4.69) is 10.6 Å². The summed E-state index contributed by atoms with van der Waals surface area (Å²) in [6.07, 6.45) is 4.00. The van der Waals surface area contributed by atoms with E-state index in [0.717, 1.165) is 30.8 Å². The minimum Gasteiger partial charge on any atom is -0.383 e. The van der Waals surface area contributed by atoms with Crippen LogP contribution < -0.4 is 10.6 Å². The molecule has 5 amide bonds. The van der Waals surface area contributed by atoms with Gasteiger partial charge in [0.25, 0.3) is 11.8 Å². The van der Waals surface area contributed by atoms with Crippen molar-refractivity contribution in [2.24, 2.45) is 0 Å². The summed E-state index contributed by atoms with van der Waals surface area (Å²) in [4.78, 5) is 64.2. The fraction of sp³-hybridized carbons (Fsp3) is 0.621. The van der Waals surface area contributed by atoms with Crippen LogP contribution in [0.4, 0.5) is 5.69 Å². The van der Waals surface area contributed by atoms with Gasteiger partial charge in [-0.25, -0.2) is 0 Å². The van der Waals surface area contributed by atoms with Crippen LogP contribution in [0.5, 0.6) is 0 Å². The Morgan fingerprint density at radius 2 is 1.43 bits per heavy atom. The number of anilines is 1. The van der Waals surface area contributed by atoms with E-state index in [1.165, 1.54) is 6.42 Å². The second-order valence-electron chi connectivity index (χ2n) is 10.3. The van der Waals surface area contributed by atoms with E-state index in [1.54, 1.807) is 18.2 Å². The van der Waals surface area contributed by atoms with Crippen molar-refractivity contribution in [2.75, 3.05) is 77.8 Å². The molecular formula is C29H40N4O9. The highest BCUT2D eigenvalue weighted by Crippen LogP contribution is 2.29. The number of ether oxygens (including phenoxy) is 4. The standard InChI is InChI=1S/C29H40N4O9/c34-25-7-6-24(27(36)31-25)33-28(37)22-5-4-21(20-23(22)29(33)38)30-9-13-40-15-17-42-19-18-41-16-14-39-12-8-26(35)32-10-2-1-3-11-32/h4-5,20,24,30H,1-3,6-19H2,(H,31,34,36). The van der Waals surface area contributed by atoms with Crippen molar-refractivity contribution in [1.29, 1.82) is 0 Å². The predicted octanol–water partition coefficient (Wildman–Crippen LogP) is 0.969. The zero-order valence-electron chi connectivity index (χ0n) is 23.9. The quantitative estimate of drug-likeness (QED) is 0.199. The fourth-order valence-corrected chi connectivity index (χ4v) is 5.07. The highest BCUT2D eigenvalue weighted by Gasteiger charge is 2.44. The number of carbonyl (C=O) groups is 5. The van der Waals surface area contributed by atoms with E-state index < -0.39 is 29.7 Å². The molecule has 0 spiro atoms. The highest BCUT2D eigenvalue weighted by atomic mass is 16.6. The summed E-state index contributed by atoms with van der Waals surface area (Å²) in [6.45, 7) is 5.62. The second-order valence-corrected chi connectivity index (χ2v) is 10.3. The normalized spacial score (nSPS) is 18.8. The maximum atomic E-state index is 12.9. The molecule has 2 fully saturated rings. The molecule has 1 aromatic carbocycles. The average molecular weight is 589 g/mol. The van der Waals surface area contributed by atoms with Crippen LogP contribution in [-0.4, -0.2) is 118 Å². The maximum Gasteiger partial charge on any atom is 0.262 e. The monoisotopic (exact) mass is 588 g/mol. The topological polar surface area (TPSA) is 153 Å².